The molecule has 0 radical (unpaired) electrons. The van der Waals surface area contributed by atoms with E-state index in [1.54, 1.807) is 24.3 Å². The Morgan fingerprint density at radius 2 is 1.84 bits per heavy atom. The van der Waals surface area contributed by atoms with Gasteiger partial charge in [-0.05, 0) is 55.6 Å². The lowest BCUT2D eigenvalue weighted by atomic mass is 10.1. The predicted molar refractivity (Wildman–Crippen MR) is 74.2 cm³/mol. The number of hydrogen-bond acceptors (Lipinski definition) is 4. The van der Waals surface area contributed by atoms with Gasteiger partial charge in [0.25, 0.3) is 0 Å². The maximum Gasteiger partial charge on any atom is 0.341 e. The summed E-state index contributed by atoms with van der Waals surface area (Å²) in [7, 11) is 0. The van der Waals surface area contributed by atoms with E-state index in [2.05, 4.69) is 31.9 Å². The third-order valence-corrected chi connectivity index (χ3v) is 3.09. The summed E-state index contributed by atoms with van der Waals surface area (Å²) in [5.41, 5.74) is 0.581. The fraction of sp³-hybridized carbons (Fsp3) is 0.0833. The number of benzene rings is 1. The lowest BCUT2D eigenvalue weighted by molar-refractivity contribution is -0.139. The first kappa shape index (κ1) is 15.2. The Kier molecular flexibility index (Phi) is 5.56. The average molecular weight is 386 g/mol. The van der Waals surface area contributed by atoms with Gasteiger partial charge in [-0.15, -0.1) is 0 Å². The highest BCUT2D eigenvalue weighted by Crippen LogP contribution is 2.35. The topological polar surface area (TPSA) is 94.1 Å². The Balaban J connectivity index is 3.11. The van der Waals surface area contributed by atoms with E-state index in [0.29, 0.717) is 20.3 Å². The Hall–Kier alpha value is -1.83. The van der Waals surface area contributed by atoms with Crippen LogP contribution in [0, 0.1) is 22.7 Å². The molecule has 0 aromatic heterocycles. The van der Waals surface area contributed by atoms with Crippen molar-refractivity contribution < 1.29 is 14.6 Å². The molecule has 1 rings (SSSR count). The second-order valence-electron chi connectivity index (χ2n) is 3.28. The van der Waals surface area contributed by atoms with Crippen molar-refractivity contribution in [2.45, 2.75) is 0 Å². The van der Waals surface area contributed by atoms with E-state index >= 15 is 0 Å². The number of carbonyl (C=O) groups is 1. The molecule has 0 atom stereocenters. The molecule has 96 valence electrons. The van der Waals surface area contributed by atoms with E-state index in [4.69, 9.17) is 20.4 Å². The molecule has 7 heteroatoms. The smallest absolute Gasteiger partial charge is 0.341 e. The first-order valence-corrected chi connectivity index (χ1v) is 6.42. The van der Waals surface area contributed by atoms with Gasteiger partial charge in [-0.2, -0.15) is 10.5 Å². The molecule has 0 spiro atoms. The molecule has 1 N–H and O–H groups in total. The van der Waals surface area contributed by atoms with Crippen LogP contribution in [0.5, 0.6) is 5.75 Å². The zero-order valence-electron chi connectivity index (χ0n) is 9.35. The van der Waals surface area contributed by atoms with Crippen LogP contribution in [0.4, 0.5) is 0 Å². The molecule has 0 aliphatic heterocycles. The zero-order chi connectivity index (χ0) is 14.4. The van der Waals surface area contributed by atoms with Crippen LogP contribution in [0.25, 0.3) is 6.08 Å². The Labute approximate surface area is 126 Å². The highest BCUT2D eigenvalue weighted by molar-refractivity contribution is 9.11. The first-order chi connectivity index (χ1) is 8.97. The first-order valence-electron chi connectivity index (χ1n) is 4.83. The number of allylic oxidation sites excluding steroid dienone is 1. The van der Waals surface area contributed by atoms with Gasteiger partial charge in [0.1, 0.15) is 23.5 Å². The number of hydrogen-bond donors (Lipinski definition) is 1. The van der Waals surface area contributed by atoms with Crippen molar-refractivity contribution in [3.8, 4) is 17.9 Å². The third-order valence-electron chi connectivity index (χ3n) is 1.91. The van der Waals surface area contributed by atoms with E-state index in [1.807, 2.05) is 0 Å². The predicted octanol–water partition coefficient (Wildman–Crippen LogP) is 3.11. The maximum absolute atomic E-state index is 10.4. The number of nitriles is 2. The van der Waals surface area contributed by atoms with Crippen molar-refractivity contribution in [1.29, 1.82) is 10.5 Å². The van der Waals surface area contributed by atoms with Crippen LogP contribution in [-0.4, -0.2) is 17.7 Å². The third kappa shape index (κ3) is 4.40. The molecule has 19 heavy (non-hydrogen) atoms. The monoisotopic (exact) mass is 384 g/mol. The van der Waals surface area contributed by atoms with Gasteiger partial charge in [0.15, 0.2) is 6.61 Å². The summed E-state index contributed by atoms with van der Waals surface area (Å²) in [5, 5.41) is 25.9. The van der Waals surface area contributed by atoms with E-state index < -0.39 is 12.6 Å². The van der Waals surface area contributed by atoms with E-state index in [0.717, 1.165) is 0 Å². The van der Waals surface area contributed by atoms with Crippen LogP contribution in [0.1, 0.15) is 5.56 Å². The van der Waals surface area contributed by atoms with Gasteiger partial charge in [0.2, 0.25) is 0 Å². The molecule has 0 saturated carbocycles. The second kappa shape index (κ2) is 6.93. The highest BCUT2D eigenvalue weighted by Gasteiger charge is 2.10. The van der Waals surface area contributed by atoms with Crippen LogP contribution in [0.3, 0.4) is 0 Å². The number of halogens is 2. The molecule has 0 aliphatic rings. The van der Waals surface area contributed by atoms with Gasteiger partial charge in [-0.1, -0.05) is 0 Å². The van der Waals surface area contributed by atoms with Crippen LogP contribution < -0.4 is 4.74 Å². The minimum atomic E-state index is -1.08. The molecule has 0 amide bonds. The van der Waals surface area contributed by atoms with Gasteiger partial charge < -0.3 is 9.84 Å². The van der Waals surface area contributed by atoms with Gasteiger partial charge in [-0.25, -0.2) is 4.79 Å². The largest absolute Gasteiger partial charge is 0.480 e. The molecule has 1 aromatic rings. The van der Waals surface area contributed by atoms with Gasteiger partial charge in [0.05, 0.1) is 8.95 Å². The number of ether oxygens (including phenoxy) is 1. The van der Waals surface area contributed by atoms with E-state index in [-0.39, 0.29) is 5.57 Å². The molecule has 0 fully saturated rings. The summed E-state index contributed by atoms with van der Waals surface area (Å²) >= 11 is 6.48. The highest BCUT2D eigenvalue weighted by atomic mass is 79.9. The number of carboxylic acid groups (broad SMARTS) is 1. The fourth-order valence-electron chi connectivity index (χ4n) is 1.19. The minimum absolute atomic E-state index is 0.0296. The number of aliphatic carboxylic acids is 1. The van der Waals surface area contributed by atoms with Crippen LogP contribution in [-0.2, 0) is 4.79 Å². The Morgan fingerprint density at radius 3 is 2.26 bits per heavy atom. The van der Waals surface area contributed by atoms with E-state index in [9.17, 15) is 4.79 Å². The lowest BCUT2D eigenvalue weighted by Gasteiger charge is -2.09. The Morgan fingerprint density at radius 1 is 1.32 bits per heavy atom. The molecule has 0 unspecified atom stereocenters. The molecular formula is C12H6Br2N2O3. The van der Waals surface area contributed by atoms with Gasteiger partial charge in [0, 0.05) is 0 Å². The zero-order valence-corrected chi connectivity index (χ0v) is 12.5. The summed E-state index contributed by atoms with van der Waals surface area (Å²) < 4.78 is 6.13. The summed E-state index contributed by atoms with van der Waals surface area (Å²) in [6, 6.07) is 6.75. The van der Waals surface area contributed by atoms with Gasteiger partial charge >= 0.3 is 5.97 Å². The molecule has 0 saturated heterocycles. The quantitative estimate of drug-likeness (QED) is 0.803. The number of nitrogens with zero attached hydrogens (tertiary/aromatic N) is 2. The maximum atomic E-state index is 10.4. The molecule has 5 nitrogen and oxygen atoms in total. The average Bonchev–Trinajstić information content (AvgIpc) is 2.34. The lowest BCUT2D eigenvalue weighted by Crippen LogP contribution is -2.10. The summed E-state index contributed by atoms with van der Waals surface area (Å²) in [4.78, 5) is 10.4. The standard InChI is InChI=1S/C12H6Br2N2O3/c13-9-2-7(1-8(4-15)5-16)3-10(14)12(9)19-6-11(17)18/h1-3H,6H2,(H,17,18). The van der Waals surface area contributed by atoms with Crippen LogP contribution in [0.15, 0.2) is 26.7 Å². The normalized spacial score (nSPS) is 9.05. The van der Waals surface area contributed by atoms with Crippen molar-refractivity contribution >= 4 is 43.9 Å². The van der Waals surface area contributed by atoms with Gasteiger partial charge in [-0.3, -0.25) is 0 Å². The summed E-state index contributed by atoms with van der Waals surface area (Å²) in [6.45, 7) is -0.464. The number of rotatable bonds is 4. The molecule has 0 bridgehead atoms. The van der Waals surface area contributed by atoms with Crippen LogP contribution in [0.2, 0.25) is 0 Å². The fourth-order valence-corrected chi connectivity index (χ4v) is 2.64. The van der Waals surface area contributed by atoms with Crippen molar-refractivity contribution in [2.75, 3.05) is 6.61 Å². The number of carboxylic acids is 1. The van der Waals surface area contributed by atoms with Crippen molar-refractivity contribution in [1.82, 2.24) is 0 Å². The second-order valence-corrected chi connectivity index (χ2v) is 4.99. The minimum Gasteiger partial charge on any atom is -0.480 e. The summed E-state index contributed by atoms with van der Waals surface area (Å²) in [6.07, 6.45) is 1.41. The summed E-state index contributed by atoms with van der Waals surface area (Å²) in [5.74, 6) is -0.742. The van der Waals surface area contributed by atoms with Crippen molar-refractivity contribution in [3.05, 3.63) is 32.2 Å². The van der Waals surface area contributed by atoms with Crippen molar-refractivity contribution in [2.24, 2.45) is 0 Å². The molecule has 0 aliphatic carbocycles. The Bertz CT molecular complexity index is 588. The molecule has 0 heterocycles. The molecular weight excluding hydrogens is 380 g/mol. The van der Waals surface area contributed by atoms with Crippen molar-refractivity contribution in [3.63, 3.8) is 0 Å². The van der Waals surface area contributed by atoms with Crippen LogP contribution >= 0.6 is 31.9 Å². The molecule has 1 aromatic carbocycles. The van der Waals surface area contributed by atoms with E-state index in [1.165, 1.54) is 6.08 Å². The SMILES string of the molecule is N#CC(C#N)=Cc1cc(Br)c(OCC(=O)O)c(Br)c1.